The third kappa shape index (κ3) is 5.23. The quantitative estimate of drug-likeness (QED) is 0.164. The van der Waals surface area contributed by atoms with Gasteiger partial charge in [-0.2, -0.15) is 0 Å². The first-order valence-corrected chi connectivity index (χ1v) is 20.1. The second kappa shape index (κ2) is 13.0. The van der Waals surface area contributed by atoms with Crippen LogP contribution in [-0.2, 0) is 0 Å². The van der Waals surface area contributed by atoms with Crippen LogP contribution in [0, 0.1) is 0 Å². The predicted octanol–water partition coefficient (Wildman–Crippen LogP) is 14.2. The van der Waals surface area contributed by atoms with Gasteiger partial charge in [-0.05, 0) is 63.0 Å². The summed E-state index contributed by atoms with van der Waals surface area (Å²) in [5, 5.41) is 9.07. The maximum atomic E-state index is 6.45. The molecule has 9 aromatic carbocycles. The number of rotatable bonds is 5. The molecule has 0 radical (unpaired) electrons. The molecule has 0 atom stereocenters. The Labute approximate surface area is 336 Å². The van der Waals surface area contributed by atoms with E-state index in [2.05, 4.69) is 152 Å². The third-order valence-electron chi connectivity index (χ3n) is 11.2. The van der Waals surface area contributed by atoms with Crippen LogP contribution < -0.4 is 0 Å². The lowest BCUT2D eigenvalue weighted by atomic mass is 9.95. The highest BCUT2D eigenvalue weighted by atomic mass is 32.1. The van der Waals surface area contributed by atoms with Gasteiger partial charge in [0.05, 0.1) is 0 Å². The van der Waals surface area contributed by atoms with E-state index in [1.165, 1.54) is 20.2 Å². The van der Waals surface area contributed by atoms with Crippen molar-refractivity contribution in [1.29, 1.82) is 0 Å². The fourth-order valence-electron chi connectivity index (χ4n) is 8.36. The van der Waals surface area contributed by atoms with Crippen LogP contribution in [0.2, 0.25) is 0 Å². The average molecular weight is 759 g/mol. The molecule has 12 rings (SSSR count). The van der Waals surface area contributed by atoms with Crippen molar-refractivity contribution in [2.45, 2.75) is 0 Å². The number of thiophene rings is 1. The van der Waals surface area contributed by atoms with E-state index in [1.807, 2.05) is 30.3 Å². The standard InChI is InChI=1S/C52H30N4OS/c1-2-13-34(14-3-1)52-53-46-39-29-28-35(30-44(39)37-17-6-7-19-40(37)47(46)57-52)31-24-26-33(27-25-31)49-54-50(42-21-10-15-32-12-4-5-16-36(32)42)56-51(55-49)43-22-11-20-41-38-18-8-9-23-45(38)58-48(41)43/h1-30H. The molecule has 0 fully saturated rings. The Morgan fingerprint density at radius 1 is 0.362 bits per heavy atom. The monoisotopic (exact) mass is 758 g/mol. The maximum Gasteiger partial charge on any atom is 0.227 e. The second-order valence-electron chi connectivity index (χ2n) is 14.6. The van der Waals surface area contributed by atoms with Crippen molar-refractivity contribution in [3.63, 3.8) is 0 Å². The van der Waals surface area contributed by atoms with Gasteiger partial charge in [-0.1, -0.05) is 152 Å². The lowest BCUT2D eigenvalue weighted by molar-refractivity contribution is 0.623. The Morgan fingerprint density at radius 2 is 0.983 bits per heavy atom. The van der Waals surface area contributed by atoms with E-state index < -0.39 is 0 Å². The number of oxazole rings is 1. The molecule has 0 aliphatic heterocycles. The minimum atomic E-state index is 0.624. The zero-order valence-electron chi connectivity index (χ0n) is 30.9. The highest BCUT2D eigenvalue weighted by Crippen LogP contribution is 2.41. The van der Waals surface area contributed by atoms with Crippen LogP contribution in [0.1, 0.15) is 0 Å². The van der Waals surface area contributed by atoms with Crippen LogP contribution in [-0.4, -0.2) is 19.9 Å². The molecule has 0 amide bonds. The number of hydrogen-bond donors (Lipinski definition) is 0. The molecule has 0 N–H and O–H groups in total. The highest BCUT2D eigenvalue weighted by molar-refractivity contribution is 7.26. The van der Waals surface area contributed by atoms with Gasteiger partial charge in [0.15, 0.2) is 23.1 Å². The van der Waals surface area contributed by atoms with E-state index in [0.717, 1.165) is 76.8 Å². The lowest BCUT2D eigenvalue weighted by Gasteiger charge is -2.11. The zero-order chi connectivity index (χ0) is 38.2. The molecule has 5 nitrogen and oxygen atoms in total. The first-order valence-electron chi connectivity index (χ1n) is 19.3. The maximum absolute atomic E-state index is 6.45. The first kappa shape index (κ1) is 32.7. The first-order chi connectivity index (χ1) is 28.7. The summed E-state index contributed by atoms with van der Waals surface area (Å²) in [6.07, 6.45) is 0. The normalized spacial score (nSPS) is 11.8. The number of nitrogens with zero attached hydrogens (tertiary/aromatic N) is 4. The number of hydrogen-bond acceptors (Lipinski definition) is 6. The molecule has 0 saturated heterocycles. The van der Waals surface area contributed by atoms with Crippen molar-refractivity contribution in [3.8, 4) is 56.7 Å². The Morgan fingerprint density at radius 3 is 1.84 bits per heavy atom. The summed E-state index contributed by atoms with van der Waals surface area (Å²) < 4.78 is 8.86. The van der Waals surface area contributed by atoms with Crippen LogP contribution in [0.3, 0.4) is 0 Å². The molecule has 3 aromatic heterocycles. The van der Waals surface area contributed by atoms with E-state index in [9.17, 15) is 0 Å². The SMILES string of the molecule is c1ccc(-c2nc3c4ccc(-c5ccc(-c6nc(-c7cccc8ccccc78)nc(-c7cccc8c7sc7ccccc78)n6)cc5)cc4c4ccccc4c3o2)cc1. The largest absolute Gasteiger partial charge is 0.435 e. The van der Waals surface area contributed by atoms with Gasteiger partial charge in [0, 0.05) is 53.2 Å². The minimum Gasteiger partial charge on any atom is -0.435 e. The zero-order valence-corrected chi connectivity index (χ0v) is 31.7. The highest BCUT2D eigenvalue weighted by Gasteiger charge is 2.19. The molecular formula is C52H30N4OS. The molecule has 0 aliphatic rings. The summed E-state index contributed by atoms with van der Waals surface area (Å²) in [5.41, 5.74) is 7.74. The Bertz CT molecular complexity index is 3570. The summed E-state index contributed by atoms with van der Waals surface area (Å²) >= 11 is 1.78. The molecule has 0 spiro atoms. The molecule has 0 unspecified atom stereocenters. The lowest BCUT2D eigenvalue weighted by Crippen LogP contribution is -2.00. The smallest absolute Gasteiger partial charge is 0.227 e. The van der Waals surface area contributed by atoms with Gasteiger partial charge in [-0.15, -0.1) is 11.3 Å². The van der Waals surface area contributed by atoms with E-state index in [4.69, 9.17) is 24.4 Å². The van der Waals surface area contributed by atoms with E-state index in [0.29, 0.717) is 23.4 Å². The van der Waals surface area contributed by atoms with Gasteiger partial charge in [0.2, 0.25) is 5.89 Å². The Hall–Kier alpha value is -7.54. The van der Waals surface area contributed by atoms with Crippen molar-refractivity contribution in [2.24, 2.45) is 0 Å². The summed E-state index contributed by atoms with van der Waals surface area (Å²) in [6.45, 7) is 0. The summed E-state index contributed by atoms with van der Waals surface area (Å²) in [4.78, 5) is 20.6. The third-order valence-corrected chi connectivity index (χ3v) is 12.4. The molecule has 3 heterocycles. The molecule has 270 valence electrons. The van der Waals surface area contributed by atoms with Crippen molar-refractivity contribution in [3.05, 3.63) is 182 Å². The van der Waals surface area contributed by atoms with Crippen molar-refractivity contribution in [1.82, 2.24) is 19.9 Å². The topological polar surface area (TPSA) is 64.7 Å². The van der Waals surface area contributed by atoms with E-state index >= 15 is 0 Å². The van der Waals surface area contributed by atoms with Crippen LogP contribution in [0.25, 0.3) is 120 Å². The fourth-order valence-corrected chi connectivity index (χ4v) is 9.57. The number of fused-ring (bicyclic) bond motifs is 10. The summed E-state index contributed by atoms with van der Waals surface area (Å²) in [5.74, 6) is 2.56. The van der Waals surface area contributed by atoms with Crippen molar-refractivity contribution < 1.29 is 4.42 Å². The molecule has 0 saturated carbocycles. The Balaban J connectivity index is 0.995. The molecule has 0 aliphatic carbocycles. The van der Waals surface area contributed by atoms with Crippen LogP contribution in [0.15, 0.2) is 186 Å². The molecule has 12 aromatic rings. The molecule has 0 bridgehead atoms. The second-order valence-corrected chi connectivity index (χ2v) is 15.6. The number of benzene rings is 9. The van der Waals surface area contributed by atoms with Gasteiger partial charge in [0.1, 0.15) is 5.52 Å². The fraction of sp³-hybridized carbons (Fsp3) is 0. The van der Waals surface area contributed by atoms with Crippen LogP contribution >= 0.6 is 11.3 Å². The predicted molar refractivity (Wildman–Crippen MR) is 240 cm³/mol. The summed E-state index contributed by atoms with van der Waals surface area (Å²) in [7, 11) is 0. The van der Waals surface area contributed by atoms with E-state index in [-0.39, 0.29) is 0 Å². The minimum absolute atomic E-state index is 0.624. The van der Waals surface area contributed by atoms with Crippen LogP contribution in [0.5, 0.6) is 0 Å². The summed E-state index contributed by atoms with van der Waals surface area (Å²) in [6, 6.07) is 63.4. The van der Waals surface area contributed by atoms with Gasteiger partial charge < -0.3 is 4.42 Å². The number of aromatic nitrogens is 4. The Kier molecular flexibility index (Phi) is 7.33. The molecular weight excluding hydrogens is 729 g/mol. The average Bonchev–Trinajstić information content (AvgIpc) is 3.92. The van der Waals surface area contributed by atoms with Crippen molar-refractivity contribution in [2.75, 3.05) is 0 Å². The van der Waals surface area contributed by atoms with Gasteiger partial charge in [-0.3, -0.25) is 0 Å². The van der Waals surface area contributed by atoms with Gasteiger partial charge in [-0.25, -0.2) is 19.9 Å². The molecule has 58 heavy (non-hydrogen) atoms. The van der Waals surface area contributed by atoms with Crippen molar-refractivity contribution >= 4 is 74.9 Å². The van der Waals surface area contributed by atoms with Gasteiger partial charge >= 0.3 is 0 Å². The van der Waals surface area contributed by atoms with Gasteiger partial charge in [0.25, 0.3) is 0 Å². The van der Waals surface area contributed by atoms with E-state index in [1.54, 1.807) is 11.3 Å². The van der Waals surface area contributed by atoms with Crippen LogP contribution in [0.4, 0.5) is 0 Å². The molecule has 6 heteroatoms.